The Balaban J connectivity index is 1.41. The van der Waals surface area contributed by atoms with Crippen molar-refractivity contribution >= 4 is 23.1 Å². The van der Waals surface area contributed by atoms with Crippen molar-refractivity contribution in [1.82, 2.24) is 19.9 Å². The van der Waals surface area contributed by atoms with Crippen LogP contribution >= 0.6 is 11.3 Å². The molecule has 1 fully saturated rings. The number of hydrogen-bond acceptors (Lipinski definition) is 7. The van der Waals surface area contributed by atoms with E-state index in [2.05, 4.69) is 30.6 Å². The van der Waals surface area contributed by atoms with Gasteiger partial charge in [-0.25, -0.2) is 4.98 Å². The maximum absolute atomic E-state index is 12.0. The second kappa shape index (κ2) is 7.20. The van der Waals surface area contributed by atoms with E-state index >= 15 is 0 Å². The SMILES string of the molecule is Cc1cc(NC(=O)CN2CCN(Cc3csc(C)n3)CC2)no1. The van der Waals surface area contributed by atoms with E-state index in [1.54, 1.807) is 24.3 Å². The second-order valence-corrected chi connectivity index (χ2v) is 6.84. The lowest BCUT2D eigenvalue weighted by atomic mass is 10.3. The lowest BCUT2D eigenvalue weighted by molar-refractivity contribution is -0.117. The fourth-order valence-electron chi connectivity index (χ4n) is 2.63. The molecular weight excluding hydrogens is 314 g/mol. The van der Waals surface area contributed by atoms with Crippen LogP contribution in [0.2, 0.25) is 0 Å². The van der Waals surface area contributed by atoms with Gasteiger partial charge in [0.1, 0.15) is 5.76 Å². The van der Waals surface area contributed by atoms with Crippen molar-refractivity contribution in [1.29, 1.82) is 0 Å². The summed E-state index contributed by atoms with van der Waals surface area (Å²) in [6.45, 7) is 8.77. The zero-order valence-electron chi connectivity index (χ0n) is 13.4. The van der Waals surface area contributed by atoms with Gasteiger partial charge in [-0.05, 0) is 13.8 Å². The quantitative estimate of drug-likeness (QED) is 0.893. The van der Waals surface area contributed by atoms with Crippen LogP contribution in [0.4, 0.5) is 5.82 Å². The molecule has 0 spiro atoms. The molecule has 8 heteroatoms. The fraction of sp³-hybridized carbons (Fsp3) is 0.533. The first-order chi connectivity index (χ1) is 11.1. The third-order valence-electron chi connectivity index (χ3n) is 3.78. The van der Waals surface area contributed by atoms with E-state index in [-0.39, 0.29) is 5.91 Å². The highest BCUT2D eigenvalue weighted by molar-refractivity contribution is 7.09. The van der Waals surface area contributed by atoms with Crippen LogP contribution < -0.4 is 5.32 Å². The van der Waals surface area contributed by atoms with Gasteiger partial charge in [-0.1, -0.05) is 5.16 Å². The molecule has 3 heterocycles. The number of aromatic nitrogens is 2. The third-order valence-corrected chi connectivity index (χ3v) is 4.60. The molecule has 0 saturated carbocycles. The summed E-state index contributed by atoms with van der Waals surface area (Å²) in [5.74, 6) is 1.11. The summed E-state index contributed by atoms with van der Waals surface area (Å²) in [7, 11) is 0. The molecule has 0 atom stereocenters. The van der Waals surface area contributed by atoms with Crippen molar-refractivity contribution in [2.24, 2.45) is 0 Å². The van der Waals surface area contributed by atoms with Crippen molar-refractivity contribution in [3.05, 3.63) is 27.9 Å². The van der Waals surface area contributed by atoms with Gasteiger partial charge in [0.15, 0.2) is 5.82 Å². The van der Waals surface area contributed by atoms with E-state index in [9.17, 15) is 4.79 Å². The monoisotopic (exact) mass is 335 g/mol. The van der Waals surface area contributed by atoms with Crippen LogP contribution in [0, 0.1) is 13.8 Å². The Morgan fingerprint density at radius 2 is 2.04 bits per heavy atom. The number of carbonyl (C=O) groups excluding carboxylic acids is 1. The minimum Gasteiger partial charge on any atom is -0.360 e. The van der Waals surface area contributed by atoms with E-state index in [1.807, 2.05) is 6.92 Å². The molecule has 1 saturated heterocycles. The number of amides is 1. The normalized spacial score (nSPS) is 16.6. The Morgan fingerprint density at radius 3 is 2.65 bits per heavy atom. The van der Waals surface area contributed by atoms with Crippen LogP contribution in [0.3, 0.4) is 0 Å². The molecule has 23 heavy (non-hydrogen) atoms. The standard InChI is InChI=1S/C15H21N5O2S/c1-11-7-14(18-22-11)17-15(21)9-20-5-3-19(4-6-20)8-13-10-23-12(2)16-13/h7,10H,3-6,8-9H2,1-2H3,(H,17,18,21). The maximum Gasteiger partial charge on any atom is 0.239 e. The van der Waals surface area contributed by atoms with Gasteiger partial charge in [0.05, 0.1) is 17.2 Å². The van der Waals surface area contributed by atoms with Gasteiger partial charge in [0.25, 0.3) is 0 Å². The summed E-state index contributed by atoms with van der Waals surface area (Å²) in [6, 6.07) is 1.71. The maximum atomic E-state index is 12.0. The average Bonchev–Trinajstić information content (AvgIpc) is 3.10. The van der Waals surface area contributed by atoms with Gasteiger partial charge in [0, 0.05) is 44.2 Å². The predicted octanol–water partition coefficient (Wildman–Crippen LogP) is 1.50. The van der Waals surface area contributed by atoms with E-state index in [1.165, 1.54) is 0 Å². The first kappa shape index (κ1) is 16.1. The van der Waals surface area contributed by atoms with Gasteiger partial charge < -0.3 is 9.84 Å². The number of nitrogens with one attached hydrogen (secondary N) is 1. The zero-order chi connectivity index (χ0) is 16.2. The molecule has 0 radical (unpaired) electrons. The Labute approximate surface area is 139 Å². The second-order valence-electron chi connectivity index (χ2n) is 5.78. The van der Waals surface area contributed by atoms with E-state index in [0.717, 1.165) is 43.4 Å². The number of anilines is 1. The molecule has 0 aliphatic carbocycles. The predicted molar refractivity (Wildman–Crippen MR) is 88.4 cm³/mol. The number of aryl methyl sites for hydroxylation is 2. The number of thiazole rings is 1. The molecule has 0 bridgehead atoms. The zero-order valence-corrected chi connectivity index (χ0v) is 14.2. The van der Waals surface area contributed by atoms with Crippen LogP contribution in [0.25, 0.3) is 0 Å². The lowest BCUT2D eigenvalue weighted by Gasteiger charge is -2.33. The minimum atomic E-state index is -0.0538. The molecule has 2 aromatic rings. The smallest absolute Gasteiger partial charge is 0.239 e. The summed E-state index contributed by atoms with van der Waals surface area (Å²) < 4.78 is 4.94. The summed E-state index contributed by atoms with van der Waals surface area (Å²) >= 11 is 1.69. The Kier molecular flexibility index (Phi) is 5.04. The number of piperazine rings is 1. The Morgan fingerprint density at radius 1 is 1.30 bits per heavy atom. The third kappa shape index (κ3) is 4.60. The highest BCUT2D eigenvalue weighted by atomic mass is 32.1. The van der Waals surface area contributed by atoms with Crippen molar-refractivity contribution in [2.75, 3.05) is 38.0 Å². The van der Waals surface area contributed by atoms with Crippen LogP contribution in [0.15, 0.2) is 16.0 Å². The molecule has 1 N–H and O–H groups in total. The summed E-state index contributed by atoms with van der Waals surface area (Å²) in [6.07, 6.45) is 0. The molecule has 0 aromatic carbocycles. The minimum absolute atomic E-state index is 0.0538. The molecule has 1 aliphatic heterocycles. The van der Waals surface area contributed by atoms with Gasteiger partial charge in [0.2, 0.25) is 5.91 Å². The first-order valence-electron chi connectivity index (χ1n) is 7.67. The number of carbonyl (C=O) groups is 1. The Bertz CT molecular complexity index is 660. The largest absolute Gasteiger partial charge is 0.360 e. The molecule has 124 valence electrons. The number of rotatable bonds is 5. The van der Waals surface area contributed by atoms with Gasteiger partial charge in [-0.15, -0.1) is 11.3 Å². The average molecular weight is 335 g/mol. The topological polar surface area (TPSA) is 74.5 Å². The van der Waals surface area contributed by atoms with Crippen LogP contribution in [0.5, 0.6) is 0 Å². The van der Waals surface area contributed by atoms with Crippen molar-refractivity contribution in [3.8, 4) is 0 Å². The number of hydrogen-bond donors (Lipinski definition) is 1. The molecule has 0 unspecified atom stereocenters. The summed E-state index contributed by atoms with van der Waals surface area (Å²) in [5.41, 5.74) is 1.14. The fourth-order valence-corrected chi connectivity index (χ4v) is 3.23. The summed E-state index contributed by atoms with van der Waals surface area (Å²) in [5, 5.41) is 9.76. The highest BCUT2D eigenvalue weighted by Crippen LogP contribution is 2.12. The van der Waals surface area contributed by atoms with Gasteiger partial charge in [-0.2, -0.15) is 0 Å². The molecule has 1 amide bonds. The van der Waals surface area contributed by atoms with E-state index in [0.29, 0.717) is 18.1 Å². The summed E-state index contributed by atoms with van der Waals surface area (Å²) in [4.78, 5) is 21.0. The van der Waals surface area contributed by atoms with Crippen LogP contribution in [0.1, 0.15) is 16.5 Å². The molecule has 7 nitrogen and oxygen atoms in total. The molecule has 2 aromatic heterocycles. The first-order valence-corrected chi connectivity index (χ1v) is 8.55. The molecule has 3 rings (SSSR count). The van der Waals surface area contributed by atoms with Crippen molar-refractivity contribution in [3.63, 3.8) is 0 Å². The van der Waals surface area contributed by atoms with Gasteiger partial charge in [-0.3, -0.25) is 14.6 Å². The van der Waals surface area contributed by atoms with Crippen molar-refractivity contribution < 1.29 is 9.32 Å². The molecular formula is C15H21N5O2S. The van der Waals surface area contributed by atoms with Crippen molar-refractivity contribution in [2.45, 2.75) is 20.4 Å². The highest BCUT2D eigenvalue weighted by Gasteiger charge is 2.20. The van der Waals surface area contributed by atoms with Crippen LogP contribution in [-0.4, -0.2) is 58.6 Å². The van der Waals surface area contributed by atoms with Gasteiger partial charge >= 0.3 is 0 Å². The van der Waals surface area contributed by atoms with E-state index in [4.69, 9.17) is 4.52 Å². The molecule has 1 aliphatic rings. The van der Waals surface area contributed by atoms with E-state index < -0.39 is 0 Å². The lowest BCUT2D eigenvalue weighted by Crippen LogP contribution is -2.48. The number of nitrogens with zero attached hydrogens (tertiary/aromatic N) is 4. The van der Waals surface area contributed by atoms with Crippen LogP contribution in [-0.2, 0) is 11.3 Å². The Hall–Kier alpha value is -1.77.